The molecular formula is C22H27F3N2O3S. The van der Waals surface area contributed by atoms with Crippen LogP contribution in [0.15, 0.2) is 36.4 Å². The monoisotopic (exact) mass is 456 g/mol. The molecule has 5 nitrogen and oxygen atoms in total. The van der Waals surface area contributed by atoms with Crippen LogP contribution in [0.2, 0.25) is 0 Å². The lowest BCUT2D eigenvalue weighted by Gasteiger charge is -2.27. The zero-order chi connectivity index (χ0) is 22.6. The molecule has 0 saturated carbocycles. The van der Waals surface area contributed by atoms with Crippen LogP contribution in [0, 0.1) is 24.4 Å². The minimum Gasteiger partial charge on any atom is -0.444 e. The van der Waals surface area contributed by atoms with Crippen molar-refractivity contribution in [2.45, 2.75) is 45.8 Å². The zero-order valence-electron chi connectivity index (χ0n) is 18.1. The van der Waals surface area contributed by atoms with Gasteiger partial charge in [0.2, 0.25) is 5.91 Å². The summed E-state index contributed by atoms with van der Waals surface area (Å²) < 4.78 is 46.1. The summed E-state index contributed by atoms with van der Waals surface area (Å²) in [6.45, 7) is 6.66. The van der Waals surface area contributed by atoms with Crippen LogP contribution in [-0.2, 0) is 16.0 Å². The number of ether oxygens (including phenoxy) is 1. The van der Waals surface area contributed by atoms with Gasteiger partial charge >= 0.3 is 6.09 Å². The fraction of sp³-hybridized carbons (Fsp3) is 0.364. The second-order valence-electron chi connectivity index (χ2n) is 8.06. The molecule has 2 amide bonds. The van der Waals surface area contributed by atoms with Gasteiger partial charge in [0, 0.05) is 25.2 Å². The lowest BCUT2D eigenvalue weighted by atomic mass is 10.0. The number of anilines is 1. The van der Waals surface area contributed by atoms with E-state index < -0.39 is 41.1 Å². The molecule has 0 saturated heterocycles. The summed E-state index contributed by atoms with van der Waals surface area (Å²) in [6.07, 6.45) is -1.05. The van der Waals surface area contributed by atoms with Crippen LogP contribution in [0.25, 0.3) is 0 Å². The number of carbonyl (C=O) groups is 2. The summed E-state index contributed by atoms with van der Waals surface area (Å²) in [5.74, 6) is -2.73. The second kappa shape index (κ2) is 10.6. The molecule has 0 radical (unpaired) electrons. The predicted molar refractivity (Wildman–Crippen MR) is 118 cm³/mol. The number of nitrogens with zero attached hydrogens (tertiary/aromatic N) is 1. The van der Waals surface area contributed by atoms with Crippen molar-refractivity contribution in [3.8, 4) is 0 Å². The molecule has 0 aliphatic rings. The predicted octanol–water partition coefficient (Wildman–Crippen LogP) is 4.62. The molecule has 0 heterocycles. The van der Waals surface area contributed by atoms with Crippen molar-refractivity contribution in [3.05, 3.63) is 65.0 Å². The standard InChI is InChI=1S/C22H25F3N2O3.H2S/c1-13-6-15(23)12-18(7-13)27(5)20(28)19(26-21(29)30-22(2,3)4)10-14-8-16(24)11-17(25)9-14;/h6-9,11-12,19H,10H2,1-5H3,(H,26,29);1H2/t19-;/m0./s1. The molecule has 9 heteroatoms. The van der Waals surface area contributed by atoms with E-state index in [0.717, 1.165) is 12.1 Å². The van der Waals surface area contributed by atoms with E-state index in [1.807, 2.05) is 0 Å². The van der Waals surface area contributed by atoms with Gasteiger partial charge in [-0.15, -0.1) is 0 Å². The first-order chi connectivity index (χ1) is 13.8. The number of likely N-dealkylation sites (N-methyl/N-ethyl adjacent to an activating group) is 1. The summed E-state index contributed by atoms with van der Waals surface area (Å²) in [5, 5.41) is 2.45. The van der Waals surface area contributed by atoms with Gasteiger partial charge in [-0.2, -0.15) is 13.5 Å². The number of halogens is 3. The summed E-state index contributed by atoms with van der Waals surface area (Å²) in [5.41, 5.74) is 0.243. The van der Waals surface area contributed by atoms with E-state index >= 15 is 0 Å². The van der Waals surface area contributed by atoms with Crippen LogP contribution in [0.1, 0.15) is 31.9 Å². The SMILES string of the molecule is Cc1cc(F)cc(N(C)C(=O)[C@H](Cc2cc(F)cc(F)c2)NC(=O)OC(C)(C)C)c1.S. The number of hydrogen-bond acceptors (Lipinski definition) is 3. The molecule has 0 unspecified atom stereocenters. The minimum atomic E-state index is -1.20. The Hall–Kier alpha value is -2.68. The van der Waals surface area contributed by atoms with Gasteiger partial charge in [-0.05, 0) is 69.2 Å². The maximum absolute atomic E-state index is 13.8. The van der Waals surface area contributed by atoms with Crippen molar-refractivity contribution in [1.82, 2.24) is 5.32 Å². The third-order valence-corrected chi connectivity index (χ3v) is 4.10. The number of alkyl carbamates (subject to hydrolysis) is 1. The highest BCUT2D eigenvalue weighted by Gasteiger charge is 2.28. The Kier molecular flexibility index (Phi) is 8.98. The van der Waals surface area contributed by atoms with Gasteiger partial charge in [-0.3, -0.25) is 4.79 Å². The number of hydrogen-bond donors (Lipinski definition) is 1. The van der Waals surface area contributed by atoms with E-state index in [-0.39, 0.29) is 31.2 Å². The molecule has 1 N–H and O–H groups in total. The van der Waals surface area contributed by atoms with Crippen molar-refractivity contribution in [3.63, 3.8) is 0 Å². The maximum atomic E-state index is 13.8. The molecule has 0 aliphatic heterocycles. The highest BCUT2D eigenvalue weighted by molar-refractivity contribution is 7.59. The topological polar surface area (TPSA) is 58.6 Å². The van der Waals surface area contributed by atoms with Crippen LogP contribution < -0.4 is 10.2 Å². The van der Waals surface area contributed by atoms with Crippen molar-refractivity contribution in [2.24, 2.45) is 0 Å². The number of benzene rings is 2. The Morgan fingerprint density at radius 3 is 2.06 bits per heavy atom. The third-order valence-electron chi connectivity index (χ3n) is 4.10. The van der Waals surface area contributed by atoms with Crippen LogP contribution in [-0.4, -0.2) is 30.7 Å². The molecule has 31 heavy (non-hydrogen) atoms. The average Bonchev–Trinajstić information content (AvgIpc) is 2.56. The van der Waals surface area contributed by atoms with Crippen molar-refractivity contribution >= 4 is 31.2 Å². The molecule has 0 aliphatic carbocycles. The number of carbonyl (C=O) groups excluding carboxylic acids is 2. The number of amides is 2. The molecule has 2 rings (SSSR count). The molecule has 1 atom stereocenters. The quantitative estimate of drug-likeness (QED) is 0.714. The Labute approximate surface area is 187 Å². The summed E-state index contributed by atoms with van der Waals surface area (Å²) in [6, 6.07) is 5.76. The van der Waals surface area contributed by atoms with E-state index in [9.17, 15) is 22.8 Å². The smallest absolute Gasteiger partial charge is 0.408 e. The van der Waals surface area contributed by atoms with Crippen LogP contribution in [0.5, 0.6) is 0 Å². The van der Waals surface area contributed by atoms with E-state index in [0.29, 0.717) is 11.6 Å². The van der Waals surface area contributed by atoms with E-state index in [1.165, 1.54) is 24.1 Å². The molecule has 0 bridgehead atoms. The third kappa shape index (κ3) is 8.16. The average molecular weight is 457 g/mol. The normalized spacial score (nSPS) is 11.9. The Bertz CT molecular complexity index is 908. The van der Waals surface area contributed by atoms with Gasteiger partial charge in [0.25, 0.3) is 0 Å². The Balaban J connectivity index is 0.00000480. The number of nitrogens with one attached hydrogen (secondary N) is 1. The molecule has 2 aromatic rings. The van der Waals surface area contributed by atoms with Crippen molar-refractivity contribution in [2.75, 3.05) is 11.9 Å². The van der Waals surface area contributed by atoms with Crippen molar-refractivity contribution < 1.29 is 27.5 Å². The Morgan fingerprint density at radius 1 is 1.00 bits per heavy atom. The maximum Gasteiger partial charge on any atom is 0.408 e. The fourth-order valence-corrected chi connectivity index (χ4v) is 2.89. The number of aryl methyl sites for hydroxylation is 1. The van der Waals surface area contributed by atoms with Gasteiger partial charge in [0.05, 0.1) is 0 Å². The molecule has 0 aromatic heterocycles. The molecule has 2 aromatic carbocycles. The van der Waals surface area contributed by atoms with Crippen LogP contribution in [0.3, 0.4) is 0 Å². The lowest BCUT2D eigenvalue weighted by Crippen LogP contribution is -2.50. The molecule has 0 fully saturated rings. The highest BCUT2D eigenvalue weighted by Crippen LogP contribution is 2.19. The molecular weight excluding hydrogens is 429 g/mol. The number of rotatable bonds is 5. The van der Waals surface area contributed by atoms with Gasteiger partial charge in [0.15, 0.2) is 0 Å². The first-order valence-electron chi connectivity index (χ1n) is 9.33. The first-order valence-corrected chi connectivity index (χ1v) is 9.33. The summed E-state index contributed by atoms with van der Waals surface area (Å²) in [4.78, 5) is 26.5. The van der Waals surface area contributed by atoms with E-state index in [4.69, 9.17) is 4.74 Å². The summed E-state index contributed by atoms with van der Waals surface area (Å²) >= 11 is 0. The second-order valence-corrected chi connectivity index (χ2v) is 8.06. The molecule has 0 spiro atoms. The fourth-order valence-electron chi connectivity index (χ4n) is 2.89. The van der Waals surface area contributed by atoms with Gasteiger partial charge < -0.3 is 15.0 Å². The zero-order valence-corrected chi connectivity index (χ0v) is 19.1. The largest absolute Gasteiger partial charge is 0.444 e. The van der Waals surface area contributed by atoms with Crippen LogP contribution in [0.4, 0.5) is 23.7 Å². The van der Waals surface area contributed by atoms with Crippen LogP contribution >= 0.6 is 13.5 Å². The van der Waals surface area contributed by atoms with E-state index in [2.05, 4.69) is 5.32 Å². The summed E-state index contributed by atoms with van der Waals surface area (Å²) in [7, 11) is 1.42. The first kappa shape index (κ1) is 26.4. The van der Waals surface area contributed by atoms with E-state index in [1.54, 1.807) is 33.8 Å². The van der Waals surface area contributed by atoms with Gasteiger partial charge in [-0.1, -0.05) is 0 Å². The lowest BCUT2D eigenvalue weighted by molar-refractivity contribution is -0.120. The van der Waals surface area contributed by atoms with Crippen molar-refractivity contribution in [1.29, 1.82) is 0 Å². The van der Waals surface area contributed by atoms with Gasteiger partial charge in [0.1, 0.15) is 29.1 Å². The highest BCUT2D eigenvalue weighted by atomic mass is 32.1. The Morgan fingerprint density at radius 2 is 1.55 bits per heavy atom. The molecule has 170 valence electrons. The minimum absolute atomic E-state index is 0. The van der Waals surface area contributed by atoms with Gasteiger partial charge in [-0.25, -0.2) is 18.0 Å².